The van der Waals surface area contributed by atoms with E-state index in [0.717, 1.165) is 31.9 Å². The van der Waals surface area contributed by atoms with Crippen LogP contribution in [0.5, 0.6) is 0 Å². The standard InChI is InChI=1S/C10H21N3O2/c1-9(2)12-15-8-10-7-13(5-6-14)4-3-11-10/h10-11,14H,3-8H2,1-2H3/t10-/m1/s1. The molecule has 0 aliphatic carbocycles. The zero-order valence-electron chi connectivity index (χ0n) is 9.57. The van der Waals surface area contributed by atoms with Crippen molar-refractivity contribution in [3.05, 3.63) is 0 Å². The fourth-order valence-electron chi connectivity index (χ4n) is 1.61. The number of piperazine rings is 1. The van der Waals surface area contributed by atoms with Crippen LogP contribution < -0.4 is 5.32 Å². The molecule has 1 aliphatic heterocycles. The van der Waals surface area contributed by atoms with E-state index in [1.165, 1.54) is 0 Å². The van der Waals surface area contributed by atoms with E-state index in [4.69, 9.17) is 9.94 Å². The van der Waals surface area contributed by atoms with Crippen molar-refractivity contribution < 1.29 is 9.94 Å². The SMILES string of the molecule is CC(C)=NOC[C@H]1CN(CCO)CCN1. The Morgan fingerprint density at radius 2 is 2.40 bits per heavy atom. The van der Waals surface area contributed by atoms with Gasteiger partial charge in [0.2, 0.25) is 0 Å². The highest BCUT2D eigenvalue weighted by Crippen LogP contribution is 1.99. The molecule has 1 saturated heterocycles. The number of hydrogen-bond acceptors (Lipinski definition) is 5. The van der Waals surface area contributed by atoms with Gasteiger partial charge in [0.25, 0.3) is 0 Å². The fourth-order valence-corrected chi connectivity index (χ4v) is 1.61. The molecule has 1 heterocycles. The van der Waals surface area contributed by atoms with Crippen LogP contribution in [0.15, 0.2) is 5.16 Å². The fraction of sp³-hybridized carbons (Fsp3) is 0.900. The van der Waals surface area contributed by atoms with Crippen molar-refractivity contribution in [2.75, 3.05) is 39.4 Å². The van der Waals surface area contributed by atoms with Gasteiger partial charge in [-0.3, -0.25) is 4.90 Å². The van der Waals surface area contributed by atoms with Crippen LogP contribution in [0.2, 0.25) is 0 Å². The van der Waals surface area contributed by atoms with Gasteiger partial charge in [-0.15, -0.1) is 0 Å². The maximum Gasteiger partial charge on any atom is 0.133 e. The molecule has 88 valence electrons. The van der Waals surface area contributed by atoms with Crippen LogP contribution in [0.1, 0.15) is 13.8 Å². The molecule has 0 aromatic heterocycles. The van der Waals surface area contributed by atoms with E-state index < -0.39 is 0 Å². The smallest absolute Gasteiger partial charge is 0.133 e. The number of hydrogen-bond donors (Lipinski definition) is 2. The van der Waals surface area contributed by atoms with E-state index >= 15 is 0 Å². The summed E-state index contributed by atoms with van der Waals surface area (Å²) in [7, 11) is 0. The van der Waals surface area contributed by atoms with Crippen molar-refractivity contribution in [3.63, 3.8) is 0 Å². The molecule has 0 saturated carbocycles. The Morgan fingerprint density at radius 3 is 3.07 bits per heavy atom. The summed E-state index contributed by atoms with van der Waals surface area (Å²) < 4.78 is 0. The predicted molar refractivity (Wildman–Crippen MR) is 60.1 cm³/mol. The number of nitrogens with zero attached hydrogens (tertiary/aromatic N) is 2. The molecule has 5 nitrogen and oxygen atoms in total. The third kappa shape index (κ3) is 5.11. The van der Waals surface area contributed by atoms with E-state index in [1.807, 2.05) is 13.8 Å². The summed E-state index contributed by atoms with van der Waals surface area (Å²) >= 11 is 0. The Bertz CT molecular complexity index is 203. The number of nitrogens with one attached hydrogen (secondary N) is 1. The molecule has 0 radical (unpaired) electrons. The normalized spacial score (nSPS) is 22.5. The number of oxime groups is 1. The van der Waals surface area contributed by atoms with Gasteiger partial charge >= 0.3 is 0 Å². The van der Waals surface area contributed by atoms with Gasteiger partial charge in [-0.25, -0.2) is 0 Å². The number of aliphatic hydroxyl groups excluding tert-OH is 1. The van der Waals surface area contributed by atoms with Gasteiger partial charge in [0, 0.05) is 26.2 Å². The Morgan fingerprint density at radius 1 is 1.60 bits per heavy atom. The molecule has 1 fully saturated rings. The van der Waals surface area contributed by atoms with Gasteiger partial charge in [0.1, 0.15) is 6.61 Å². The number of aliphatic hydroxyl groups is 1. The maximum atomic E-state index is 8.84. The molecule has 2 N–H and O–H groups in total. The summed E-state index contributed by atoms with van der Waals surface area (Å²) in [5.74, 6) is 0. The minimum Gasteiger partial charge on any atom is -0.395 e. The lowest BCUT2D eigenvalue weighted by Crippen LogP contribution is -2.52. The lowest BCUT2D eigenvalue weighted by Gasteiger charge is -2.32. The molecule has 1 aliphatic rings. The van der Waals surface area contributed by atoms with Gasteiger partial charge < -0.3 is 15.3 Å². The second-order valence-corrected chi connectivity index (χ2v) is 4.01. The first kappa shape index (κ1) is 12.4. The molecule has 1 atom stereocenters. The first-order valence-corrected chi connectivity index (χ1v) is 5.42. The van der Waals surface area contributed by atoms with Crippen LogP contribution >= 0.6 is 0 Å². The molecule has 0 amide bonds. The molecule has 15 heavy (non-hydrogen) atoms. The van der Waals surface area contributed by atoms with Crippen LogP contribution in [0.4, 0.5) is 0 Å². The number of rotatable bonds is 5. The summed E-state index contributed by atoms with van der Waals surface area (Å²) in [5.41, 5.74) is 0.929. The van der Waals surface area contributed by atoms with Gasteiger partial charge in [0.05, 0.1) is 18.4 Å². The average molecular weight is 215 g/mol. The third-order valence-corrected chi connectivity index (χ3v) is 2.28. The summed E-state index contributed by atoms with van der Waals surface area (Å²) in [5, 5.41) is 16.1. The Labute approximate surface area is 91.1 Å². The minimum absolute atomic E-state index is 0.222. The quantitative estimate of drug-likeness (QED) is 0.487. The highest BCUT2D eigenvalue weighted by Gasteiger charge is 2.18. The van der Waals surface area contributed by atoms with E-state index in [-0.39, 0.29) is 6.61 Å². The molecule has 1 rings (SSSR count). The van der Waals surface area contributed by atoms with Gasteiger partial charge in [-0.2, -0.15) is 0 Å². The van der Waals surface area contributed by atoms with Crippen molar-refractivity contribution in [2.24, 2.45) is 5.16 Å². The maximum absolute atomic E-state index is 8.84. The first-order valence-electron chi connectivity index (χ1n) is 5.42. The van der Waals surface area contributed by atoms with Crippen molar-refractivity contribution in [1.82, 2.24) is 10.2 Å². The van der Waals surface area contributed by atoms with Crippen molar-refractivity contribution in [2.45, 2.75) is 19.9 Å². The molecule has 0 unspecified atom stereocenters. The van der Waals surface area contributed by atoms with Crippen LogP contribution in [0, 0.1) is 0 Å². The summed E-state index contributed by atoms with van der Waals surface area (Å²) in [6.07, 6.45) is 0. The molecular weight excluding hydrogens is 194 g/mol. The largest absolute Gasteiger partial charge is 0.395 e. The van der Waals surface area contributed by atoms with Gasteiger partial charge in [-0.1, -0.05) is 5.16 Å². The summed E-state index contributed by atoms with van der Waals surface area (Å²) in [6.45, 7) is 8.23. The van der Waals surface area contributed by atoms with Crippen molar-refractivity contribution in [1.29, 1.82) is 0 Å². The van der Waals surface area contributed by atoms with Crippen molar-refractivity contribution >= 4 is 5.71 Å². The Balaban J connectivity index is 2.21. The summed E-state index contributed by atoms with van der Waals surface area (Å²) in [6, 6.07) is 0.313. The second kappa shape index (κ2) is 6.76. The van der Waals surface area contributed by atoms with Crippen LogP contribution in [-0.4, -0.2) is 61.2 Å². The zero-order chi connectivity index (χ0) is 11.1. The van der Waals surface area contributed by atoms with E-state index in [9.17, 15) is 0 Å². The van der Waals surface area contributed by atoms with Gasteiger partial charge in [-0.05, 0) is 13.8 Å². The minimum atomic E-state index is 0.222. The molecule has 0 aromatic rings. The van der Waals surface area contributed by atoms with E-state index in [2.05, 4.69) is 15.4 Å². The highest BCUT2D eigenvalue weighted by atomic mass is 16.6. The third-order valence-electron chi connectivity index (χ3n) is 2.28. The van der Waals surface area contributed by atoms with Crippen LogP contribution in [0.3, 0.4) is 0 Å². The monoisotopic (exact) mass is 215 g/mol. The molecule has 0 spiro atoms. The van der Waals surface area contributed by atoms with Crippen LogP contribution in [0.25, 0.3) is 0 Å². The van der Waals surface area contributed by atoms with E-state index in [1.54, 1.807) is 0 Å². The molecule has 0 bridgehead atoms. The molecule has 5 heteroatoms. The predicted octanol–water partition coefficient (Wildman–Crippen LogP) is -0.335. The molecular formula is C10H21N3O2. The van der Waals surface area contributed by atoms with Gasteiger partial charge in [0.15, 0.2) is 0 Å². The Hall–Kier alpha value is -0.650. The van der Waals surface area contributed by atoms with E-state index in [0.29, 0.717) is 12.6 Å². The van der Waals surface area contributed by atoms with Crippen LogP contribution in [-0.2, 0) is 4.84 Å². The summed E-state index contributed by atoms with van der Waals surface area (Å²) in [4.78, 5) is 7.43. The lowest BCUT2D eigenvalue weighted by molar-refractivity contribution is 0.0799. The topological polar surface area (TPSA) is 57.1 Å². The Kier molecular flexibility index (Phi) is 5.60. The lowest BCUT2D eigenvalue weighted by atomic mass is 10.2. The van der Waals surface area contributed by atoms with Crippen molar-refractivity contribution in [3.8, 4) is 0 Å². The number of β-amino-alcohol motifs (C(OH)–C–C–N with tert-alkyl or cyclic N) is 1. The highest BCUT2D eigenvalue weighted by molar-refractivity contribution is 5.78. The first-order chi connectivity index (χ1) is 7.22. The average Bonchev–Trinajstić information content (AvgIpc) is 2.18. The molecule has 0 aromatic carbocycles. The second-order valence-electron chi connectivity index (χ2n) is 4.01. The zero-order valence-corrected chi connectivity index (χ0v) is 9.57.